The fraction of sp³-hybridized carbons (Fsp3) is 0.500. The van der Waals surface area contributed by atoms with Crippen LogP contribution in [0.4, 0.5) is 29.3 Å². The first kappa shape index (κ1) is 27.8. The number of benzene rings is 2. The highest BCUT2D eigenvalue weighted by atomic mass is 19.2. The largest absolute Gasteiger partial charge is 0.444 e. The monoisotopic (exact) mass is 533 g/mol. The van der Waals surface area contributed by atoms with Gasteiger partial charge in [-0.05, 0) is 76.3 Å². The molecule has 2 aliphatic rings. The van der Waals surface area contributed by atoms with E-state index in [2.05, 4.69) is 5.32 Å². The topological polar surface area (TPSA) is 82.1 Å². The SMILES string of the molecule is CCc1ccc(Nc2c(C(=O)N3CC(O)(C4CCCCN4C(=O)OC(C)(C)C)C3)ccc(F)c2F)c(F)c1. The van der Waals surface area contributed by atoms with Gasteiger partial charge in [-0.2, -0.15) is 0 Å². The van der Waals surface area contributed by atoms with Gasteiger partial charge in [0.25, 0.3) is 5.91 Å². The minimum Gasteiger partial charge on any atom is -0.444 e. The van der Waals surface area contributed by atoms with Crippen LogP contribution in [0.25, 0.3) is 0 Å². The van der Waals surface area contributed by atoms with Gasteiger partial charge in [-0.25, -0.2) is 18.0 Å². The number of aryl methyl sites for hydroxylation is 1. The lowest BCUT2D eigenvalue weighted by Crippen LogP contribution is -2.73. The van der Waals surface area contributed by atoms with E-state index in [9.17, 15) is 27.9 Å². The van der Waals surface area contributed by atoms with Crippen molar-refractivity contribution in [2.75, 3.05) is 25.0 Å². The molecule has 2 N–H and O–H groups in total. The Balaban J connectivity index is 1.54. The number of halogens is 3. The van der Waals surface area contributed by atoms with Crippen molar-refractivity contribution in [3.05, 3.63) is 58.9 Å². The molecule has 10 heteroatoms. The van der Waals surface area contributed by atoms with Crippen LogP contribution in [0, 0.1) is 17.5 Å². The number of carbonyl (C=O) groups is 2. The Kier molecular flexibility index (Phi) is 7.65. The Morgan fingerprint density at radius 3 is 2.45 bits per heavy atom. The Morgan fingerprint density at radius 2 is 1.82 bits per heavy atom. The maximum absolute atomic E-state index is 14.9. The minimum absolute atomic E-state index is 0.101. The van der Waals surface area contributed by atoms with E-state index in [-0.39, 0.29) is 24.3 Å². The Bertz CT molecular complexity index is 1220. The molecular formula is C28H34F3N3O4. The number of anilines is 2. The van der Waals surface area contributed by atoms with Crippen LogP contribution in [0.1, 0.15) is 62.9 Å². The molecule has 206 valence electrons. The number of nitrogens with one attached hydrogen (secondary N) is 1. The number of hydrogen-bond acceptors (Lipinski definition) is 5. The van der Waals surface area contributed by atoms with E-state index >= 15 is 0 Å². The predicted octanol–water partition coefficient (Wildman–Crippen LogP) is 5.39. The van der Waals surface area contributed by atoms with Gasteiger partial charge in [-0.15, -0.1) is 0 Å². The Hall–Kier alpha value is -3.27. The van der Waals surface area contributed by atoms with Gasteiger partial charge < -0.3 is 25.0 Å². The summed E-state index contributed by atoms with van der Waals surface area (Å²) < 4.78 is 49.1. The van der Waals surface area contributed by atoms with Gasteiger partial charge in [-0.3, -0.25) is 4.79 Å². The molecule has 0 bridgehead atoms. The molecular weight excluding hydrogens is 499 g/mol. The average molecular weight is 534 g/mol. The van der Waals surface area contributed by atoms with E-state index in [0.29, 0.717) is 19.4 Å². The zero-order chi connectivity index (χ0) is 27.8. The summed E-state index contributed by atoms with van der Waals surface area (Å²) >= 11 is 0. The molecule has 0 radical (unpaired) electrons. The van der Waals surface area contributed by atoms with Crippen LogP contribution < -0.4 is 5.32 Å². The molecule has 2 amide bonds. The standard InChI is InChI=1S/C28H34F3N3O4/c1-5-17-9-12-21(20(30)14-17)32-24-18(10-11-19(29)23(24)31)25(35)33-15-28(37,16-33)22-8-6-7-13-34(22)26(36)38-27(2,3)4/h9-12,14,22,32,37H,5-8,13,15-16H2,1-4H3. The van der Waals surface area contributed by atoms with Crippen LogP contribution in [0.2, 0.25) is 0 Å². The van der Waals surface area contributed by atoms with E-state index in [4.69, 9.17) is 4.74 Å². The molecule has 2 aromatic carbocycles. The Labute approximate surface area is 220 Å². The van der Waals surface area contributed by atoms with Crippen molar-refractivity contribution < 1.29 is 32.6 Å². The summed E-state index contributed by atoms with van der Waals surface area (Å²) in [5.41, 5.74) is -2.13. The highest BCUT2D eigenvalue weighted by Gasteiger charge is 2.53. The van der Waals surface area contributed by atoms with E-state index in [1.165, 1.54) is 21.9 Å². The molecule has 2 heterocycles. The molecule has 2 saturated heterocycles. The van der Waals surface area contributed by atoms with Crippen molar-refractivity contribution in [3.63, 3.8) is 0 Å². The van der Waals surface area contributed by atoms with E-state index < -0.39 is 52.4 Å². The summed E-state index contributed by atoms with van der Waals surface area (Å²) in [6.45, 7) is 7.37. The van der Waals surface area contributed by atoms with Crippen molar-refractivity contribution in [1.29, 1.82) is 0 Å². The normalized spacial score (nSPS) is 19.1. The quantitative estimate of drug-likeness (QED) is 0.539. The van der Waals surface area contributed by atoms with Gasteiger partial charge in [0, 0.05) is 6.54 Å². The molecule has 0 spiro atoms. The number of β-amino-alcohol motifs (C(OH)–C–C–N with tert-alkyl or cyclic N) is 1. The van der Waals surface area contributed by atoms with Crippen LogP contribution in [-0.4, -0.2) is 63.8 Å². The van der Waals surface area contributed by atoms with Crippen LogP contribution in [0.15, 0.2) is 30.3 Å². The second kappa shape index (κ2) is 10.5. The first-order valence-electron chi connectivity index (χ1n) is 12.9. The van der Waals surface area contributed by atoms with Gasteiger partial charge in [0.15, 0.2) is 11.6 Å². The van der Waals surface area contributed by atoms with E-state index in [1.807, 2.05) is 6.92 Å². The molecule has 0 aromatic heterocycles. The molecule has 0 saturated carbocycles. The second-order valence-corrected chi connectivity index (χ2v) is 11.0. The molecule has 7 nitrogen and oxygen atoms in total. The lowest BCUT2D eigenvalue weighted by molar-refractivity contribution is -0.137. The molecule has 38 heavy (non-hydrogen) atoms. The third-order valence-corrected chi connectivity index (χ3v) is 6.99. The van der Waals surface area contributed by atoms with Crippen molar-refractivity contribution in [2.24, 2.45) is 0 Å². The molecule has 2 aliphatic heterocycles. The number of hydrogen-bond donors (Lipinski definition) is 2. The maximum atomic E-state index is 14.9. The molecule has 2 aromatic rings. The highest BCUT2D eigenvalue weighted by molar-refractivity contribution is 6.01. The Morgan fingerprint density at radius 1 is 1.11 bits per heavy atom. The lowest BCUT2D eigenvalue weighted by Gasteiger charge is -2.54. The minimum atomic E-state index is -1.37. The smallest absolute Gasteiger partial charge is 0.410 e. The summed E-state index contributed by atoms with van der Waals surface area (Å²) in [6, 6.07) is 5.76. The van der Waals surface area contributed by atoms with Crippen LogP contribution in [-0.2, 0) is 11.2 Å². The van der Waals surface area contributed by atoms with Crippen molar-refractivity contribution in [1.82, 2.24) is 9.80 Å². The van der Waals surface area contributed by atoms with E-state index in [0.717, 1.165) is 30.5 Å². The van der Waals surface area contributed by atoms with Crippen molar-refractivity contribution in [2.45, 2.75) is 70.6 Å². The number of aliphatic hydroxyl groups is 1. The molecule has 4 rings (SSSR count). The van der Waals surface area contributed by atoms with Gasteiger partial charge in [-0.1, -0.05) is 13.0 Å². The number of nitrogens with zero attached hydrogens (tertiary/aromatic N) is 2. The van der Waals surface area contributed by atoms with Gasteiger partial charge in [0.05, 0.1) is 36.1 Å². The number of likely N-dealkylation sites (tertiary alicyclic amines) is 2. The second-order valence-electron chi connectivity index (χ2n) is 11.0. The van der Waals surface area contributed by atoms with Crippen LogP contribution in [0.3, 0.4) is 0 Å². The molecule has 1 unspecified atom stereocenters. The highest BCUT2D eigenvalue weighted by Crippen LogP contribution is 2.37. The van der Waals surface area contributed by atoms with Crippen LogP contribution >= 0.6 is 0 Å². The average Bonchev–Trinajstić information content (AvgIpc) is 2.84. The number of ether oxygens (including phenoxy) is 1. The fourth-order valence-electron chi connectivity index (χ4n) is 5.03. The van der Waals surface area contributed by atoms with Crippen molar-refractivity contribution in [3.8, 4) is 0 Å². The molecule has 0 aliphatic carbocycles. The van der Waals surface area contributed by atoms with Gasteiger partial charge in [0.1, 0.15) is 17.0 Å². The zero-order valence-electron chi connectivity index (χ0n) is 22.1. The van der Waals surface area contributed by atoms with E-state index in [1.54, 1.807) is 26.8 Å². The summed E-state index contributed by atoms with van der Waals surface area (Å²) in [5.74, 6) is -3.82. The summed E-state index contributed by atoms with van der Waals surface area (Å²) in [5, 5.41) is 13.9. The first-order chi connectivity index (χ1) is 17.8. The van der Waals surface area contributed by atoms with Crippen LogP contribution in [0.5, 0.6) is 0 Å². The molecule has 1 atom stereocenters. The summed E-state index contributed by atoms with van der Waals surface area (Å²) in [4.78, 5) is 29.0. The number of piperidine rings is 1. The first-order valence-corrected chi connectivity index (χ1v) is 12.9. The number of rotatable bonds is 5. The maximum Gasteiger partial charge on any atom is 0.410 e. The summed E-state index contributed by atoms with van der Waals surface area (Å²) in [7, 11) is 0. The third kappa shape index (κ3) is 5.60. The molecule has 2 fully saturated rings. The fourth-order valence-corrected chi connectivity index (χ4v) is 5.03. The predicted molar refractivity (Wildman–Crippen MR) is 137 cm³/mol. The number of carbonyl (C=O) groups excluding carboxylic acids is 2. The zero-order valence-corrected chi connectivity index (χ0v) is 22.1. The number of amides is 2. The van der Waals surface area contributed by atoms with Crippen molar-refractivity contribution >= 4 is 23.4 Å². The lowest BCUT2D eigenvalue weighted by atomic mass is 9.80. The van der Waals surface area contributed by atoms with Gasteiger partial charge in [0.2, 0.25) is 0 Å². The third-order valence-electron chi connectivity index (χ3n) is 6.99. The van der Waals surface area contributed by atoms with Gasteiger partial charge >= 0.3 is 6.09 Å². The summed E-state index contributed by atoms with van der Waals surface area (Å²) in [6.07, 6.45) is 2.19.